The highest BCUT2D eigenvalue weighted by atomic mass is 19.1. The number of aryl methyl sites for hydroxylation is 1. The molecule has 1 heterocycles. The zero-order valence-corrected chi connectivity index (χ0v) is 13.5. The fourth-order valence-corrected chi connectivity index (χ4v) is 2.43. The van der Waals surface area contributed by atoms with Gasteiger partial charge in [0.2, 0.25) is 0 Å². The number of halogens is 1. The van der Waals surface area contributed by atoms with Gasteiger partial charge in [-0.25, -0.2) is 14.0 Å². The molecule has 2 aromatic carbocycles. The van der Waals surface area contributed by atoms with Crippen LogP contribution in [-0.2, 0) is 16.1 Å². The highest BCUT2D eigenvalue weighted by Crippen LogP contribution is 2.19. The Morgan fingerprint density at radius 3 is 2.84 bits per heavy atom. The van der Waals surface area contributed by atoms with Crippen LogP contribution < -0.4 is 5.63 Å². The zero-order chi connectivity index (χ0) is 17.8. The summed E-state index contributed by atoms with van der Waals surface area (Å²) >= 11 is 0. The Labute approximate surface area is 143 Å². The minimum Gasteiger partial charge on any atom is -0.458 e. The minimum absolute atomic E-state index is 0.0581. The summed E-state index contributed by atoms with van der Waals surface area (Å²) in [6.45, 7) is 1.83. The van der Waals surface area contributed by atoms with Crippen molar-refractivity contribution in [2.45, 2.75) is 13.5 Å². The van der Waals surface area contributed by atoms with Crippen molar-refractivity contribution in [1.82, 2.24) is 0 Å². The smallest absolute Gasteiger partial charge is 0.336 e. The number of carbonyl (C=O) groups is 1. The van der Waals surface area contributed by atoms with Gasteiger partial charge >= 0.3 is 11.6 Å². The van der Waals surface area contributed by atoms with Crippen molar-refractivity contribution < 1.29 is 18.3 Å². The quantitative estimate of drug-likeness (QED) is 0.410. The molecule has 1 aromatic heterocycles. The topological polar surface area (TPSA) is 56.5 Å². The summed E-state index contributed by atoms with van der Waals surface area (Å²) in [6, 6.07) is 12.6. The van der Waals surface area contributed by atoms with Crippen LogP contribution in [0.5, 0.6) is 0 Å². The van der Waals surface area contributed by atoms with Crippen LogP contribution >= 0.6 is 0 Å². The summed E-state index contributed by atoms with van der Waals surface area (Å²) in [5.41, 5.74) is 2.04. The van der Waals surface area contributed by atoms with Crippen molar-refractivity contribution in [2.24, 2.45) is 0 Å². The maximum absolute atomic E-state index is 13.1. The van der Waals surface area contributed by atoms with Gasteiger partial charge in [0.1, 0.15) is 18.0 Å². The van der Waals surface area contributed by atoms with Crippen LogP contribution in [0, 0.1) is 12.7 Å². The second-order valence-corrected chi connectivity index (χ2v) is 5.59. The molecule has 0 saturated carbocycles. The lowest BCUT2D eigenvalue weighted by Crippen LogP contribution is -2.05. The normalized spacial score (nSPS) is 11.1. The number of benzene rings is 2. The van der Waals surface area contributed by atoms with Crippen LogP contribution in [0.15, 0.2) is 63.8 Å². The first-order valence-electron chi connectivity index (χ1n) is 7.65. The average molecular weight is 338 g/mol. The van der Waals surface area contributed by atoms with Crippen molar-refractivity contribution in [3.05, 3.63) is 87.5 Å². The van der Waals surface area contributed by atoms with Crippen molar-refractivity contribution >= 4 is 23.0 Å². The van der Waals surface area contributed by atoms with Gasteiger partial charge in [0.05, 0.1) is 0 Å². The van der Waals surface area contributed by atoms with Gasteiger partial charge in [-0.15, -0.1) is 0 Å². The van der Waals surface area contributed by atoms with E-state index in [-0.39, 0.29) is 12.4 Å². The first-order chi connectivity index (χ1) is 12.0. The minimum atomic E-state index is -0.585. The molecule has 126 valence electrons. The number of ether oxygens (including phenoxy) is 1. The Balaban J connectivity index is 1.74. The molecule has 0 saturated heterocycles. The molecular weight excluding hydrogens is 323 g/mol. The lowest BCUT2D eigenvalue weighted by Gasteiger charge is -2.06. The summed E-state index contributed by atoms with van der Waals surface area (Å²) in [5, 5.41) is 0.715. The van der Waals surface area contributed by atoms with Gasteiger partial charge in [0.15, 0.2) is 0 Å². The summed E-state index contributed by atoms with van der Waals surface area (Å²) in [4.78, 5) is 23.5. The van der Waals surface area contributed by atoms with E-state index in [1.807, 2.05) is 19.1 Å². The highest BCUT2D eigenvalue weighted by Gasteiger charge is 2.08. The molecule has 3 rings (SSSR count). The summed E-state index contributed by atoms with van der Waals surface area (Å²) in [5.74, 6) is -0.967. The number of hydrogen-bond acceptors (Lipinski definition) is 4. The fourth-order valence-electron chi connectivity index (χ4n) is 2.43. The number of rotatable bonds is 4. The number of fused-ring (bicyclic) bond motifs is 1. The lowest BCUT2D eigenvalue weighted by atomic mass is 10.1. The van der Waals surface area contributed by atoms with E-state index in [0.717, 1.165) is 5.56 Å². The van der Waals surface area contributed by atoms with Crippen LogP contribution in [0.3, 0.4) is 0 Å². The second-order valence-electron chi connectivity index (χ2n) is 5.59. The predicted molar refractivity (Wildman–Crippen MR) is 92.5 cm³/mol. The second kappa shape index (κ2) is 7.13. The van der Waals surface area contributed by atoms with Gasteiger partial charge < -0.3 is 9.15 Å². The largest absolute Gasteiger partial charge is 0.458 e. The first-order valence-corrected chi connectivity index (χ1v) is 7.65. The first kappa shape index (κ1) is 16.6. The van der Waals surface area contributed by atoms with Gasteiger partial charge in [-0.2, -0.15) is 0 Å². The van der Waals surface area contributed by atoms with E-state index >= 15 is 0 Å². The third-order valence-electron chi connectivity index (χ3n) is 3.62. The molecule has 4 nitrogen and oxygen atoms in total. The predicted octanol–water partition coefficient (Wildman–Crippen LogP) is 4.00. The molecule has 0 bridgehead atoms. The standard InChI is InChI=1S/C20H15FO4/c1-13-5-7-17-15(11-20(23)25-18(17)9-13)12-24-19(22)8-6-14-3-2-4-16(21)10-14/h2-11H,12H2,1H3/b8-6+. The average Bonchev–Trinajstić information content (AvgIpc) is 2.57. The fraction of sp³-hybridized carbons (Fsp3) is 0.100. The van der Waals surface area contributed by atoms with Crippen molar-refractivity contribution in [3.8, 4) is 0 Å². The Morgan fingerprint density at radius 1 is 1.20 bits per heavy atom. The van der Waals surface area contributed by atoms with Gasteiger partial charge in [-0.3, -0.25) is 0 Å². The molecule has 0 amide bonds. The maximum Gasteiger partial charge on any atom is 0.336 e. The van der Waals surface area contributed by atoms with E-state index in [9.17, 15) is 14.0 Å². The van der Waals surface area contributed by atoms with Crippen molar-refractivity contribution in [2.75, 3.05) is 0 Å². The molecule has 0 spiro atoms. The van der Waals surface area contributed by atoms with Gasteiger partial charge in [0.25, 0.3) is 0 Å². The van der Waals surface area contributed by atoms with Gasteiger partial charge in [-0.1, -0.05) is 24.3 Å². The molecule has 0 fully saturated rings. The Morgan fingerprint density at radius 2 is 2.04 bits per heavy atom. The third-order valence-corrected chi connectivity index (χ3v) is 3.62. The lowest BCUT2D eigenvalue weighted by molar-refractivity contribution is -0.138. The van der Waals surface area contributed by atoms with E-state index in [1.165, 1.54) is 30.4 Å². The third kappa shape index (κ3) is 4.20. The van der Waals surface area contributed by atoms with Crippen LogP contribution in [0.2, 0.25) is 0 Å². The molecule has 25 heavy (non-hydrogen) atoms. The van der Waals surface area contributed by atoms with Gasteiger partial charge in [-0.05, 0) is 42.3 Å². The SMILES string of the molecule is Cc1ccc2c(COC(=O)/C=C/c3cccc(F)c3)cc(=O)oc2c1. The van der Waals surface area contributed by atoms with E-state index in [2.05, 4.69) is 0 Å². The van der Waals surface area contributed by atoms with E-state index in [0.29, 0.717) is 22.1 Å². The summed E-state index contributed by atoms with van der Waals surface area (Å²) in [7, 11) is 0. The number of esters is 1. The zero-order valence-electron chi connectivity index (χ0n) is 13.5. The Kier molecular flexibility index (Phi) is 4.75. The molecule has 0 unspecified atom stereocenters. The Hall–Kier alpha value is -3.21. The highest BCUT2D eigenvalue weighted by molar-refractivity contribution is 5.87. The van der Waals surface area contributed by atoms with E-state index in [1.54, 1.807) is 18.2 Å². The molecular formula is C20H15FO4. The molecule has 0 aliphatic carbocycles. The van der Waals surface area contributed by atoms with Crippen LogP contribution in [0.4, 0.5) is 4.39 Å². The molecule has 0 aliphatic rings. The van der Waals surface area contributed by atoms with E-state index < -0.39 is 11.6 Å². The van der Waals surface area contributed by atoms with Crippen LogP contribution in [0.25, 0.3) is 17.0 Å². The summed E-state index contributed by atoms with van der Waals surface area (Å²) < 4.78 is 23.4. The number of hydrogen-bond donors (Lipinski definition) is 0. The molecule has 0 atom stereocenters. The number of carbonyl (C=O) groups excluding carboxylic acids is 1. The van der Waals surface area contributed by atoms with Gasteiger partial charge in [0, 0.05) is 23.1 Å². The molecule has 0 N–H and O–H groups in total. The maximum atomic E-state index is 13.1. The van der Waals surface area contributed by atoms with Crippen molar-refractivity contribution in [1.29, 1.82) is 0 Å². The van der Waals surface area contributed by atoms with Crippen LogP contribution in [-0.4, -0.2) is 5.97 Å². The van der Waals surface area contributed by atoms with Crippen LogP contribution in [0.1, 0.15) is 16.7 Å². The summed E-state index contributed by atoms with van der Waals surface area (Å²) in [6.07, 6.45) is 2.68. The molecule has 0 aliphatic heterocycles. The molecule has 3 aromatic rings. The molecule has 0 radical (unpaired) electrons. The molecule has 5 heteroatoms. The monoisotopic (exact) mass is 338 g/mol. The van der Waals surface area contributed by atoms with Crippen molar-refractivity contribution in [3.63, 3.8) is 0 Å². The van der Waals surface area contributed by atoms with E-state index in [4.69, 9.17) is 9.15 Å². The Bertz CT molecular complexity index is 1020.